The lowest BCUT2D eigenvalue weighted by Gasteiger charge is -2.18. The Morgan fingerprint density at radius 3 is 2.33 bits per heavy atom. The van der Waals surface area contributed by atoms with Gasteiger partial charge in [-0.15, -0.1) is 0 Å². The van der Waals surface area contributed by atoms with Gasteiger partial charge in [0.15, 0.2) is 0 Å². The summed E-state index contributed by atoms with van der Waals surface area (Å²) in [5.74, 6) is -0.140. The molecule has 7 heteroatoms. The molecule has 2 rings (SSSR count). The molecule has 1 N–H and O–H groups in total. The van der Waals surface area contributed by atoms with Gasteiger partial charge in [0, 0.05) is 24.2 Å². The summed E-state index contributed by atoms with van der Waals surface area (Å²) in [6.07, 6.45) is 1.09. The summed E-state index contributed by atoms with van der Waals surface area (Å²) in [4.78, 5) is 14.1. The van der Waals surface area contributed by atoms with Gasteiger partial charge in [-0.1, -0.05) is 23.7 Å². The number of carbonyl (C=O) groups excluding carboxylic acids is 1. The molecule has 0 aliphatic rings. The van der Waals surface area contributed by atoms with Crippen molar-refractivity contribution in [3.05, 3.63) is 64.2 Å². The predicted molar refractivity (Wildman–Crippen MR) is 96.9 cm³/mol. The molecule has 24 heavy (non-hydrogen) atoms. The Kier molecular flexibility index (Phi) is 5.51. The summed E-state index contributed by atoms with van der Waals surface area (Å²) in [7, 11) is -1.63. The van der Waals surface area contributed by atoms with Crippen molar-refractivity contribution in [3.63, 3.8) is 0 Å². The normalized spacial score (nSPS) is 11.2. The molecule has 0 saturated carbocycles. The van der Waals surface area contributed by atoms with E-state index in [1.807, 2.05) is 12.1 Å². The Labute approximate surface area is 147 Å². The Balaban J connectivity index is 2.14. The van der Waals surface area contributed by atoms with Gasteiger partial charge in [0.05, 0.1) is 11.9 Å². The third-order valence-electron chi connectivity index (χ3n) is 3.45. The Morgan fingerprint density at radius 1 is 1.17 bits per heavy atom. The van der Waals surface area contributed by atoms with Crippen molar-refractivity contribution in [3.8, 4) is 0 Å². The zero-order valence-electron chi connectivity index (χ0n) is 13.7. The van der Waals surface area contributed by atoms with Crippen LogP contribution < -0.4 is 4.72 Å². The van der Waals surface area contributed by atoms with Gasteiger partial charge >= 0.3 is 0 Å². The third kappa shape index (κ3) is 4.97. The van der Waals surface area contributed by atoms with E-state index in [1.54, 1.807) is 49.2 Å². The molecule has 0 radical (unpaired) electrons. The smallest absolute Gasteiger partial charge is 0.253 e. The van der Waals surface area contributed by atoms with Gasteiger partial charge in [-0.25, -0.2) is 8.42 Å². The molecule has 5 nitrogen and oxygen atoms in total. The fraction of sp³-hybridized carbons (Fsp3) is 0.235. The van der Waals surface area contributed by atoms with Gasteiger partial charge in [-0.05, 0) is 48.4 Å². The maximum atomic E-state index is 12.5. The van der Waals surface area contributed by atoms with Crippen LogP contribution in [0.3, 0.4) is 0 Å². The molecule has 0 saturated heterocycles. The number of nitrogens with zero attached hydrogens (tertiary/aromatic N) is 1. The molecule has 0 aliphatic heterocycles. The van der Waals surface area contributed by atoms with Crippen LogP contribution in [0.2, 0.25) is 5.02 Å². The van der Waals surface area contributed by atoms with E-state index in [-0.39, 0.29) is 5.91 Å². The molecule has 0 bridgehead atoms. The maximum absolute atomic E-state index is 12.5. The molecule has 0 aliphatic carbocycles. The van der Waals surface area contributed by atoms with Crippen LogP contribution in [0.5, 0.6) is 0 Å². The molecular weight excluding hydrogens is 348 g/mol. The standard InChI is InChI=1S/C17H19ClN2O3S/c1-12-10-14(6-9-16(12)19-24(3,22)23)17(21)20(2)11-13-4-7-15(18)8-5-13/h4-10,19H,11H2,1-3H3. The average molecular weight is 367 g/mol. The van der Waals surface area contributed by atoms with Gasteiger partial charge in [0.1, 0.15) is 0 Å². The summed E-state index contributed by atoms with van der Waals surface area (Å²) in [5.41, 5.74) is 2.63. The average Bonchev–Trinajstić information content (AvgIpc) is 2.49. The highest BCUT2D eigenvalue weighted by atomic mass is 35.5. The highest BCUT2D eigenvalue weighted by Crippen LogP contribution is 2.19. The van der Waals surface area contributed by atoms with E-state index in [2.05, 4.69) is 4.72 Å². The van der Waals surface area contributed by atoms with Crippen molar-refractivity contribution < 1.29 is 13.2 Å². The first-order valence-electron chi connectivity index (χ1n) is 7.24. The lowest BCUT2D eigenvalue weighted by atomic mass is 10.1. The van der Waals surface area contributed by atoms with Crippen LogP contribution in [-0.2, 0) is 16.6 Å². The molecule has 128 valence electrons. The monoisotopic (exact) mass is 366 g/mol. The minimum Gasteiger partial charge on any atom is -0.337 e. The minimum absolute atomic E-state index is 0.140. The molecule has 0 heterocycles. The fourth-order valence-electron chi connectivity index (χ4n) is 2.27. The molecule has 0 aromatic heterocycles. The van der Waals surface area contributed by atoms with Crippen LogP contribution >= 0.6 is 11.6 Å². The largest absolute Gasteiger partial charge is 0.337 e. The predicted octanol–water partition coefficient (Wildman–Crippen LogP) is 3.29. The first kappa shape index (κ1) is 18.3. The zero-order valence-corrected chi connectivity index (χ0v) is 15.3. The molecule has 0 spiro atoms. The van der Waals surface area contributed by atoms with E-state index in [1.165, 1.54) is 0 Å². The zero-order chi connectivity index (χ0) is 17.9. The number of hydrogen-bond acceptors (Lipinski definition) is 3. The minimum atomic E-state index is -3.35. The highest BCUT2D eigenvalue weighted by molar-refractivity contribution is 7.92. The molecule has 1 amide bonds. The van der Waals surface area contributed by atoms with Gasteiger partial charge in [0.2, 0.25) is 10.0 Å². The molecule has 0 fully saturated rings. The number of hydrogen-bond donors (Lipinski definition) is 1. The third-order valence-corrected chi connectivity index (χ3v) is 4.29. The van der Waals surface area contributed by atoms with Gasteiger partial charge < -0.3 is 4.90 Å². The molecule has 2 aromatic rings. The highest BCUT2D eigenvalue weighted by Gasteiger charge is 2.14. The van der Waals surface area contributed by atoms with Crippen molar-refractivity contribution in [2.75, 3.05) is 18.0 Å². The first-order valence-corrected chi connectivity index (χ1v) is 9.51. The topological polar surface area (TPSA) is 66.5 Å². The number of carbonyl (C=O) groups is 1. The number of aryl methyl sites for hydroxylation is 1. The van der Waals surface area contributed by atoms with E-state index in [4.69, 9.17) is 11.6 Å². The number of anilines is 1. The van der Waals surface area contributed by atoms with Gasteiger partial charge in [0.25, 0.3) is 5.91 Å². The van der Waals surface area contributed by atoms with Crippen molar-refractivity contribution >= 4 is 33.2 Å². The number of sulfonamides is 1. The summed E-state index contributed by atoms with van der Waals surface area (Å²) in [6, 6.07) is 12.2. The van der Waals surface area contributed by atoms with Crippen LogP contribution in [0, 0.1) is 6.92 Å². The quantitative estimate of drug-likeness (QED) is 0.882. The van der Waals surface area contributed by atoms with Crippen LogP contribution in [0.15, 0.2) is 42.5 Å². The van der Waals surface area contributed by atoms with E-state index in [9.17, 15) is 13.2 Å². The SMILES string of the molecule is Cc1cc(C(=O)N(C)Cc2ccc(Cl)cc2)ccc1NS(C)(=O)=O. The summed E-state index contributed by atoms with van der Waals surface area (Å²) in [5, 5.41) is 0.650. The van der Waals surface area contributed by atoms with E-state index in [0.717, 1.165) is 11.8 Å². The van der Waals surface area contributed by atoms with E-state index < -0.39 is 10.0 Å². The molecular formula is C17H19ClN2O3S. The van der Waals surface area contributed by atoms with Gasteiger partial charge in [-0.3, -0.25) is 9.52 Å². The fourth-order valence-corrected chi connectivity index (χ4v) is 3.02. The second-order valence-corrected chi connectivity index (χ2v) is 7.88. The number of rotatable bonds is 5. The Hall–Kier alpha value is -2.05. The second kappa shape index (κ2) is 7.23. The number of halogens is 1. The van der Waals surface area contributed by atoms with Crippen molar-refractivity contribution in [1.82, 2.24) is 4.90 Å². The Morgan fingerprint density at radius 2 is 1.79 bits per heavy atom. The van der Waals surface area contributed by atoms with E-state index in [0.29, 0.717) is 28.4 Å². The summed E-state index contributed by atoms with van der Waals surface area (Å²) in [6.45, 7) is 2.21. The van der Waals surface area contributed by atoms with Gasteiger partial charge in [-0.2, -0.15) is 0 Å². The van der Waals surface area contributed by atoms with E-state index >= 15 is 0 Å². The molecule has 0 unspecified atom stereocenters. The van der Waals surface area contributed by atoms with Crippen molar-refractivity contribution in [2.24, 2.45) is 0 Å². The van der Waals surface area contributed by atoms with Crippen molar-refractivity contribution in [2.45, 2.75) is 13.5 Å². The van der Waals surface area contributed by atoms with Crippen LogP contribution in [-0.4, -0.2) is 32.5 Å². The van der Waals surface area contributed by atoms with Crippen LogP contribution in [0.4, 0.5) is 5.69 Å². The lowest BCUT2D eigenvalue weighted by Crippen LogP contribution is -2.26. The molecule has 0 atom stereocenters. The van der Waals surface area contributed by atoms with Crippen molar-refractivity contribution in [1.29, 1.82) is 0 Å². The Bertz CT molecular complexity index is 849. The first-order chi connectivity index (χ1) is 11.2. The number of nitrogens with one attached hydrogen (secondary N) is 1. The second-order valence-electron chi connectivity index (χ2n) is 5.69. The summed E-state index contributed by atoms with van der Waals surface area (Å²) < 4.78 is 25.0. The molecule has 2 aromatic carbocycles. The number of benzene rings is 2. The van der Waals surface area contributed by atoms with Crippen LogP contribution in [0.1, 0.15) is 21.5 Å². The number of amides is 1. The van der Waals surface area contributed by atoms with Crippen LogP contribution in [0.25, 0.3) is 0 Å². The maximum Gasteiger partial charge on any atom is 0.253 e. The lowest BCUT2D eigenvalue weighted by molar-refractivity contribution is 0.0785. The summed E-state index contributed by atoms with van der Waals surface area (Å²) >= 11 is 5.86.